The predicted molar refractivity (Wildman–Crippen MR) is 26.6 cm³/mol. The summed E-state index contributed by atoms with van der Waals surface area (Å²) in [5, 5.41) is 8.16. The highest BCUT2D eigenvalue weighted by molar-refractivity contribution is 5.50. The SMILES string of the molecule is O=[C]CCCCO. The van der Waals surface area contributed by atoms with Gasteiger partial charge in [0.25, 0.3) is 0 Å². The van der Waals surface area contributed by atoms with Crippen LogP contribution in [0.2, 0.25) is 0 Å². The number of rotatable bonds is 4. The van der Waals surface area contributed by atoms with E-state index in [4.69, 9.17) is 5.11 Å². The number of carbonyl (C=O) groups excluding carboxylic acids is 1. The smallest absolute Gasteiger partial charge is 0.198 e. The number of aliphatic hydroxyl groups excluding tert-OH is 1. The van der Waals surface area contributed by atoms with Crippen molar-refractivity contribution in [1.82, 2.24) is 0 Å². The molecule has 0 bridgehead atoms. The first kappa shape index (κ1) is 6.63. The zero-order valence-electron chi connectivity index (χ0n) is 4.18. The molecule has 41 valence electrons. The number of aliphatic hydroxyl groups is 1. The van der Waals surface area contributed by atoms with Crippen LogP contribution in [0.1, 0.15) is 19.3 Å². The molecule has 2 nitrogen and oxygen atoms in total. The molecule has 1 N–H and O–H groups in total. The van der Waals surface area contributed by atoms with E-state index in [-0.39, 0.29) is 6.61 Å². The molecule has 1 radical (unpaired) electrons. The first-order valence-corrected chi connectivity index (χ1v) is 2.37. The van der Waals surface area contributed by atoms with Gasteiger partial charge >= 0.3 is 0 Å². The Labute approximate surface area is 43.2 Å². The lowest BCUT2D eigenvalue weighted by atomic mass is 10.3. The van der Waals surface area contributed by atoms with Gasteiger partial charge in [0.2, 0.25) is 0 Å². The van der Waals surface area contributed by atoms with Gasteiger partial charge in [-0.25, -0.2) is 0 Å². The van der Waals surface area contributed by atoms with Crippen molar-refractivity contribution in [2.75, 3.05) is 6.61 Å². The topological polar surface area (TPSA) is 37.3 Å². The van der Waals surface area contributed by atoms with Crippen LogP contribution >= 0.6 is 0 Å². The summed E-state index contributed by atoms with van der Waals surface area (Å²) < 4.78 is 0. The van der Waals surface area contributed by atoms with Crippen molar-refractivity contribution in [2.24, 2.45) is 0 Å². The van der Waals surface area contributed by atoms with Crippen LogP contribution in [-0.4, -0.2) is 18.0 Å². The maximum Gasteiger partial charge on any atom is 0.198 e. The fourth-order valence-electron chi connectivity index (χ4n) is 0.309. The normalized spacial score (nSPS) is 8.71. The minimum Gasteiger partial charge on any atom is -0.396 e. The standard InChI is InChI=1S/C5H9O2/c6-4-2-1-3-5-7/h6H,1-4H2. The van der Waals surface area contributed by atoms with E-state index in [0.717, 1.165) is 12.8 Å². The van der Waals surface area contributed by atoms with Crippen LogP contribution < -0.4 is 0 Å². The summed E-state index contributed by atoms with van der Waals surface area (Å²) >= 11 is 0. The third kappa shape index (κ3) is 5.63. The molecule has 0 aliphatic heterocycles. The molecule has 0 atom stereocenters. The lowest BCUT2D eigenvalue weighted by molar-refractivity contribution is 0.285. The first-order valence-electron chi connectivity index (χ1n) is 2.37. The highest BCUT2D eigenvalue weighted by Gasteiger charge is 1.82. The van der Waals surface area contributed by atoms with Gasteiger partial charge in [-0.2, -0.15) is 0 Å². The minimum atomic E-state index is 0.182. The molecular weight excluding hydrogens is 92.1 g/mol. The van der Waals surface area contributed by atoms with E-state index >= 15 is 0 Å². The lowest BCUT2D eigenvalue weighted by Crippen LogP contribution is -1.81. The van der Waals surface area contributed by atoms with Crippen LogP contribution in [0.15, 0.2) is 0 Å². The van der Waals surface area contributed by atoms with Gasteiger partial charge in [-0.05, 0) is 12.8 Å². The molecule has 0 unspecified atom stereocenters. The van der Waals surface area contributed by atoms with Crippen molar-refractivity contribution >= 4 is 6.29 Å². The van der Waals surface area contributed by atoms with E-state index in [1.54, 1.807) is 6.29 Å². The second-order valence-electron chi connectivity index (χ2n) is 1.33. The fourth-order valence-corrected chi connectivity index (χ4v) is 0.309. The van der Waals surface area contributed by atoms with Crippen LogP contribution in [0, 0.1) is 0 Å². The molecule has 0 spiro atoms. The Bertz CT molecular complexity index is 43.3. The van der Waals surface area contributed by atoms with E-state index in [2.05, 4.69) is 0 Å². The maximum atomic E-state index is 9.47. The molecule has 0 heterocycles. The lowest BCUT2D eigenvalue weighted by Gasteiger charge is -1.84. The van der Waals surface area contributed by atoms with Gasteiger partial charge < -0.3 is 5.11 Å². The van der Waals surface area contributed by atoms with Crippen LogP contribution in [0.5, 0.6) is 0 Å². The van der Waals surface area contributed by atoms with Crippen molar-refractivity contribution in [2.45, 2.75) is 19.3 Å². The average Bonchev–Trinajstić information content (AvgIpc) is 1.69. The number of unbranched alkanes of at least 4 members (excludes halogenated alkanes) is 2. The van der Waals surface area contributed by atoms with Gasteiger partial charge in [-0.3, -0.25) is 4.79 Å². The van der Waals surface area contributed by atoms with Crippen molar-refractivity contribution in [3.8, 4) is 0 Å². The second kappa shape index (κ2) is 5.63. The molecule has 0 amide bonds. The molecule has 0 saturated heterocycles. The molecule has 7 heavy (non-hydrogen) atoms. The largest absolute Gasteiger partial charge is 0.396 e. The van der Waals surface area contributed by atoms with Gasteiger partial charge in [-0.15, -0.1) is 0 Å². The Morgan fingerprint density at radius 1 is 1.43 bits per heavy atom. The second-order valence-corrected chi connectivity index (χ2v) is 1.33. The van der Waals surface area contributed by atoms with Crippen LogP contribution in [-0.2, 0) is 4.79 Å². The van der Waals surface area contributed by atoms with Crippen LogP contribution in [0.25, 0.3) is 0 Å². The molecule has 2 heteroatoms. The Morgan fingerprint density at radius 3 is 2.57 bits per heavy atom. The van der Waals surface area contributed by atoms with Crippen molar-refractivity contribution in [3.05, 3.63) is 0 Å². The summed E-state index contributed by atoms with van der Waals surface area (Å²) in [6.45, 7) is 0.182. The van der Waals surface area contributed by atoms with E-state index in [1.807, 2.05) is 0 Å². The third-order valence-corrected chi connectivity index (χ3v) is 0.687. The Morgan fingerprint density at radius 2 is 2.14 bits per heavy atom. The third-order valence-electron chi connectivity index (χ3n) is 0.687. The van der Waals surface area contributed by atoms with Crippen molar-refractivity contribution < 1.29 is 9.90 Å². The minimum absolute atomic E-state index is 0.182. The highest BCUT2D eigenvalue weighted by atomic mass is 16.2. The van der Waals surface area contributed by atoms with Crippen molar-refractivity contribution in [3.63, 3.8) is 0 Å². The summed E-state index contributed by atoms with van der Waals surface area (Å²) in [6, 6.07) is 0. The summed E-state index contributed by atoms with van der Waals surface area (Å²) in [4.78, 5) is 9.47. The van der Waals surface area contributed by atoms with E-state index in [1.165, 1.54) is 0 Å². The van der Waals surface area contributed by atoms with Gasteiger partial charge in [0, 0.05) is 13.0 Å². The molecular formula is C5H9O2. The van der Waals surface area contributed by atoms with Gasteiger partial charge in [-0.1, -0.05) is 0 Å². The van der Waals surface area contributed by atoms with Gasteiger partial charge in [0.1, 0.15) is 0 Å². The predicted octanol–water partition coefficient (Wildman–Crippen LogP) is 0.259. The molecule has 0 saturated carbocycles. The fraction of sp³-hybridized carbons (Fsp3) is 0.800. The summed E-state index contributed by atoms with van der Waals surface area (Å²) in [7, 11) is 0. The van der Waals surface area contributed by atoms with Crippen molar-refractivity contribution in [1.29, 1.82) is 0 Å². The van der Waals surface area contributed by atoms with Gasteiger partial charge in [0.15, 0.2) is 6.29 Å². The van der Waals surface area contributed by atoms with E-state index in [0.29, 0.717) is 6.42 Å². The monoisotopic (exact) mass is 101 g/mol. The zero-order valence-corrected chi connectivity index (χ0v) is 4.18. The summed E-state index contributed by atoms with van der Waals surface area (Å²) in [6.07, 6.45) is 3.68. The maximum absolute atomic E-state index is 9.47. The first-order chi connectivity index (χ1) is 3.41. The number of hydrogen-bond acceptors (Lipinski definition) is 2. The highest BCUT2D eigenvalue weighted by Crippen LogP contribution is 1.88. The summed E-state index contributed by atoms with van der Waals surface area (Å²) in [5.41, 5.74) is 0. The Kier molecular flexibility index (Phi) is 5.33. The van der Waals surface area contributed by atoms with E-state index < -0.39 is 0 Å². The summed E-state index contributed by atoms with van der Waals surface area (Å²) in [5.74, 6) is 0. The quantitative estimate of drug-likeness (QED) is 0.516. The molecule has 0 aliphatic rings. The molecule has 0 aromatic heterocycles. The number of hydrogen-bond donors (Lipinski definition) is 1. The van der Waals surface area contributed by atoms with Crippen LogP contribution in [0.3, 0.4) is 0 Å². The molecule has 0 rings (SSSR count). The Hall–Kier alpha value is -0.370. The van der Waals surface area contributed by atoms with Crippen LogP contribution in [0.4, 0.5) is 0 Å². The zero-order chi connectivity index (χ0) is 5.54. The average molecular weight is 101 g/mol. The Balaban J connectivity index is 2.56. The molecule has 0 aromatic rings. The molecule has 0 fully saturated rings. The van der Waals surface area contributed by atoms with E-state index in [9.17, 15) is 4.79 Å². The molecule has 0 aromatic carbocycles. The molecule has 0 aliphatic carbocycles. The van der Waals surface area contributed by atoms with Gasteiger partial charge in [0.05, 0.1) is 0 Å².